The number of allylic oxidation sites excluding steroid dienone is 1. The van der Waals surface area contributed by atoms with Gasteiger partial charge in [-0.15, -0.1) is 0 Å². The maximum Gasteiger partial charge on any atom is 0.290 e. The fraction of sp³-hybridized carbons (Fsp3) is 0.500. The smallest absolute Gasteiger partial charge is 0.290 e. The summed E-state index contributed by atoms with van der Waals surface area (Å²) in [5, 5.41) is 0. The Bertz CT molecular complexity index is 204. The van der Waals surface area contributed by atoms with E-state index in [9.17, 15) is 8.42 Å². The molecule has 0 radical (unpaired) electrons. The van der Waals surface area contributed by atoms with Gasteiger partial charge < -0.3 is 5.73 Å². The average molecular weight is 151 g/mol. The summed E-state index contributed by atoms with van der Waals surface area (Å²) >= 11 is 0. The second-order valence-electron chi connectivity index (χ2n) is 1.53. The first kappa shape index (κ1) is 8.61. The van der Waals surface area contributed by atoms with Crippen LogP contribution < -0.4 is 5.73 Å². The van der Waals surface area contributed by atoms with Crippen molar-refractivity contribution in [1.82, 2.24) is 0 Å². The molecule has 0 unspecified atom stereocenters. The van der Waals surface area contributed by atoms with Crippen molar-refractivity contribution >= 4 is 10.1 Å². The minimum Gasteiger partial charge on any atom is -0.327 e. The third-order valence-corrected chi connectivity index (χ3v) is 1.79. The average Bonchev–Trinajstić information content (AvgIpc) is 1.64. The van der Waals surface area contributed by atoms with Gasteiger partial charge in [0.2, 0.25) is 0 Å². The van der Waals surface area contributed by atoms with Crippen molar-refractivity contribution in [2.45, 2.75) is 6.92 Å². The van der Waals surface area contributed by atoms with Gasteiger partial charge in [-0.3, -0.25) is 4.55 Å². The topological polar surface area (TPSA) is 80.4 Å². The molecule has 0 atom stereocenters. The van der Waals surface area contributed by atoms with Crippen molar-refractivity contribution in [3.8, 4) is 0 Å². The first-order chi connectivity index (χ1) is 3.98. The Morgan fingerprint density at radius 2 is 2.22 bits per heavy atom. The molecule has 0 rings (SSSR count). The second kappa shape index (κ2) is 2.95. The molecule has 0 saturated carbocycles. The van der Waals surface area contributed by atoms with Gasteiger partial charge in [0, 0.05) is 6.54 Å². The van der Waals surface area contributed by atoms with E-state index in [0.717, 1.165) is 0 Å². The van der Waals surface area contributed by atoms with Crippen LogP contribution in [0.2, 0.25) is 0 Å². The maximum absolute atomic E-state index is 10.2. The van der Waals surface area contributed by atoms with E-state index in [2.05, 4.69) is 0 Å². The molecule has 3 N–H and O–H groups in total. The molecule has 0 spiro atoms. The summed E-state index contributed by atoms with van der Waals surface area (Å²) in [6.45, 7) is 1.40. The van der Waals surface area contributed by atoms with Crippen LogP contribution in [0.1, 0.15) is 6.92 Å². The van der Waals surface area contributed by atoms with Crippen molar-refractivity contribution in [3.63, 3.8) is 0 Å². The van der Waals surface area contributed by atoms with E-state index in [-0.39, 0.29) is 11.4 Å². The highest BCUT2D eigenvalue weighted by Gasteiger charge is 2.04. The largest absolute Gasteiger partial charge is 0.327 e. The lowest BCUT2D eigenvalue weighted by Crippen LogP contribution is -2.02. The van der Waals surface area contributed by atoms with Crippen LogP contribution >= 0.6 is 0 Å². The van der Waals surface area contributed by atoms with Crippen LogP contribution in [0, 0.1) is 0 Å². The fourth-order valence-electron chi connectivity index (χ4n) is 0.271. The van der Waals surface area contributed by atoms with E-state index >= 15 is 0 Å². The summed E-state index contributed by atoms with van der Waals surface area (Å²) in [5.74, 6) is 0. The highest BCUT2D eigenvalue weighted by atomic mass is 32.2. The van der Waals surface area contributed by atoms with Gasteiger partial charge in [-0.05, 0) is 6.92 Å². The molecule has 54 valence electrons. The molecule has 0 aromatic rings. The van der Waals surface area contributed by atoms with Crippen LogP contribution in [0.25, 0.3) is 0 Å². The van der Waals surface area contributed by atoms with Gasteiger partial charge in [-0.1, -0.05) is 6.08 Å². The van der Waals surface area contributed by atoms with Crippen LogP contribution in [0.3, 0.4) is 0 Å². The molecule has 0 heterocycles. The summed E-state index contributed by atoms with van der Waals surface area (Å²) in [5.41, 5.74) is 4.97. The zero-order chi connectivity index (χ0) is 7.49. The number of hydrogen-bond acceptors (Lipinski definition) is 3. The summed E-state index contributed by atoms with van der Waals surface area (Å²) in [6, 6.07) is 0. The molecule has 0 aliphatic rings. The molecule has 5 heteroatoms. The third kappa shape index (κ3) is 3.23. The minimum absolute atomic E-state index is 0.106. The molecule has 0 fully saturated rings. The Morgan fingerprint density at radius 1 is 1.78 bits per heavy atom. The first-order valence-electron chi connectivity index (χ1n) is 2.33. The van der Waals surface area contributed by atoms with E-state index in [1.807, 2.05) is 0 Å². The van der Waals surface area contributed by atoms with E-state index in [0.29, 0.717) is 0 Å². The number of hydrogen-bond donors (Lipinski definition) is 2. The Labute approximate surface area is 54.1 Å². The molecule has 0 aliphatic carbocycles. The second-order valence-corrected chi connectivity index (χ2v) is 3.12. The summed E-state index contributed by atoms with van der Waals surface area (Å²) in [7, 11) is -3.98. The maximum atomic E-state index is 10.2. The summed E-state index contributed by atoms with van der Waals surface area (Å²) < 4.78 is 28.6. The lowest BCUT2D eigenvalue weighted by Gasteiger charge is -1.91. The predicted octanol–water partition coefficient (Wildman–Crippen LogP) is -0.263. The number of nitrogens with two attached hydrogens (primary N) is 1. The predicted molar refractivity (Wildman–Crippen MR) is 34.4 cm³/mol. The van der Waals surface area contributed by atoms with Crippen molar-refractivity contribution < 1.29 is 13.0 Å². The van der Waals surface area contributed by atoms with Crippen LogP contribution in [-0.4, -0.2) is 19.5 Å². The zero-order valence-corrected chi connectivity index (χ0v) is 5.85. The number of rotatable bonds is 2. The summed E-state index contributed by atoms with van der Waals surface area (Å²) in [4.78, 5) is -0.106. The molecule has 0 aromatic carbocycles. The van der Waals surface area contributed by atoms with Crippen LogP contribution in [0.15, 0.2) is 11.0 Å². The van der Waals surface area contributed by atoms with E-state index in [1.54, 1.807) is 0 Å². The minimum atomic E-state index is -3.98. The fourth-order valence-corrected chi connectivity index (χ4v) is 0.578. The molecular formula is C4H9NO3S. The Balaban J connectivity index is 4.41. The Kier molecular flexibility index (Phi) is 2.83. The normalized spacial score (nSPS) is 13.9. The van der Waals surface area contributed by atoms with Gasteiger partial charge in [-0.25, -0.2) is 0 Å². The molecule has 4 nitrogen and oxygen atoms in total. The van der Waals surface area contributed by atoms with Crippen molar-refractivity contribution in [1.29, 1.82) is 0 Å². The molecule has 0 aromatic heterocycles. The standard InChI is InChI=1S/C4H9NO3S/c1-4(2-3-5)9(6,7)8/h2H,3,5H2,1H3,(H,6,7,8). The van der Waals surface area contributed by atoms with E-state index in [1.165, 1.54) is 13.0 Å². The molecular weight excluding hydrogens is 142 g/mol. The quantitative estimate of drug-likeness (QED) is 0.533. The van der Waals surface area contributed by atoms with E-state index in [4.69, 9.17) is 10.3 Å². The monoisotopic (exact) mass is 151 g/mol. The van der Waals surface area contributed by atoms with Gasteiger partial charge in [0.15, 0.2) is 0 Å². The van der Waals surface area contributed by atoms with Gasteiger partial charge in [0.1, 0.15) is 0 Å². The highest BCUT2D eigenvalue weighted by molar-refractivity contribution is 7.89. The SMILES string of the molecule is CC(=CCN)S(=O)(=O)O. The van der Waals surface area contributed by atoms with E-state index < -0.39 is 10.1 Å². The zero-order valence-electron chi connectivity index (χ0n) is 5.03. The van der Waals surface area contributed by atoms with Crippen molar-refractivity contribution in [2.75, 3.05) is 6.54 Å². The lowest BCUT2D eigenvalue weighted by atomic mass is 10.5. The van der Waals surface area contributed by atoms with Gasteiger partial charge in [-0.2, -0.15) is 8.42 Å². The van der Waals surface area contributed by atoms with Crippen LogP contribution in [-0.2, 0) is 10.1 Å². The third-order valence-electron chi connectivity index (χ3n) is 0.812. The van der Waals surface area contributed by atoms with Crippen LogP contribution in [0.5, 0.6) is 0 Å². The van der Waals surface area contributed by atoms with Crippen LogP contribution in [0.4, 0.5) is 0 Å². The molecule has 0 aliphatic heterocycles. The Hall–Kier alpha value is -0.390. The molecule has 0 bridgehead atoms. The molecule has 0 saturated heterocycles. The lowest BCUT2D eigenvalue weighted by molar-refractivity contribution is 0.491. The van der Waals surface area contributed by atoms with Gasteiger partial charge >= 0.3 is 0 Å². The first-order valence-corrected chi connectivity index (χ1v) is 3.77. The van der Waals surface area contributed by atoms with Gasteiger partial charge in [0.05, 0.1) is 4.91 Å². The van der Waals surface area contributed by atoms with Crippen molar-refractivity contribution in [2.24, 2.45) is 5.73 Å². The van der Waals surface area contributed by atoms with Crippen molar-refractivity contribution in [3.05, 3.63) is 11.0 Å². The highest BCUT2D eigenvalue weighted by Crippen LogP contribution is 1.99. The Morgan fingerprint density at radius 3 is 2.33 bits per heavy atom. The summed E-state index contributed by atoms with van der Waals surface area (Å²) in [6.07, 6.45) is 1.23. The van der Waals surface area contributed by atoms with Gasteiger partial charge in [0.25, 0.3) is 10.1 Å². The molecule has 9 heavy (non-hydrogen) atoms. The molecule has 0 amide bonds.